The van der Waals surface area contributed by atoms with Gasteiger partial charge in [-0.25, -0.2) is 0 Å². The lowest BCUT2D eigenvalue weighted by Gasteiger charge is -2.13. The first kappa shape index (κ1) is 22.6. The zero-order valence-corrected chi connectivity index (χ0v) is 19.4. The van der Waals surface area contributed by atoms with Crippen molar-refractivity contribution < 1.29 is 4.74 Å². The minimum absolute atomic E-state index is 0.438. The zero-order valence-electron chi connectivity index (χ0n) is 17.1. The Hall–Kier alpha value is -2.58. The molecule has 32 heavy (non-hydrogen) atoms. The third kappa shape index (κ3) is 6.23. The van der Waals surface area contributed by atoms with Crippen molar-refractivity contribution >= 4 is 35.0 Å². The Morgan fingerprint density at radius 3 is 2.62 bits per heavy atom. The second kappa shape index (κ2) is 11.3. The van der Waals surface area contributed by atoms with Crippen molar-refractivity contribution in [3.63, 3.8) is 0 Å². The van der Waals surface area contributed by atoms with Crippen LogP contribution >= 0.6 is 35.0 Å². The van der Waals surface area contributed by atoms with Crippen molar-refractivity contribution in [2.24, 2.45) is 0 Å². The van der Waals surface area contributed by atoms with Gasteiger partial charge in [-0.15, -0.1) is 5.10 Å². The number of hydrogen-bond acceptors (Lipinski definition) is 6. The number of aromatic nitrogens is 4. The smallest absolute Gasteiger partial charge is 0.214 e. The molecular weight excluding hydrogens is 465 g/mol. The van der Waals surface area contributed by atoms with Gasteiger partial charge in [0, 0.05) is 34.5 Å². The Morgan fingerprint density at radius 1 is 0.938 bits per heavy atom. The number of halogens is 2. The molecule has 6 nitrogen and oxygen atoms in total. The van der Waals surface area contributed by atoms with Crippen molar-refractivity contribution in [1.82, 2.24) is 25.5 Å². The topological polar surface area (TPSA) is 64.9 Å². The highest BCUT2D eigenvalue weighted by Crippen LogP contribution is 2.24. The largest absolute Gasteiger partial charge is 0.489 e. The minimum atomic E-state index is 0.438. The maximum absolute atomic E-state index is 6.21. The summed E-state index contributed by atoms with van der Waals surface area (Å²) in [5, 5.41) is 17.6. The Balaban J connectivity index is 1.29. The van der Waals surface area contributed by atoms with Crippen LogP contribution < -0.4 is 10.1 Å². The quantitative estimate of drug-likeness (QED) is 0.238. The van der Waals surface area contributed by atoms with Crippen LogP contribution in [0.1, 0.15) is 11.1 Å². The fraction of sp³-hybridized carbons (Fsp3) is 0.174. The lowest BCUT2D eigenvalue weighted by atomic mass is 10.2. The summed E-state index contributed by atoms with van der Waals surface area (Å²) in [6.45, 7) is 1.84. The van der Waals surface area contributed by atoms with Gasteiger partial charge in [-0.05, 0) is 58.5 Å². The number of ether oxygens (including phenoxy) is 1. The molecule has 0 amide bonds. The van der Waals surface area contributed by atoms with Crippen LogP contribution in [0.2, 0.25) is 10.0 Å². The monoisotopic (exact) mass is 485 g/mol. The molecular formula is C23H21Cl2N5OS. The van der Waals surface area contributed by atoms with Gasteiger partial charge in [0.2, 0.25) is 5.16 Å². The van der Waals surface area contributed by atoms with E-state index in [2.05, 4.69) is 20.8 Å². The number of tetrazole rings is 1. The minimum Gasteiger partial charge on any atom is -0.489 e. The van der Waals surface area contributed by atoms with Crippen molar-refractivity contribution in [3.05, 3.63) is 94.0 Å². The van der Waals surface area contributed by atoms with E-state index in [4.69, 9.17) is 27.9 Å². The number of benzene rings is 3. The van der Waals surface area contributed by atoms with Gasteiger partial charge in [-0.2, -0.15) is 4.68 Å². The number of para-hydroxylation sites is 1. The Morgan fingerprint density at radius 2 is 1.78 bits per heavy atom. The SMILES string of the molecule is Clc1cccc(COc2ccc(Cl)cc2CNCCSc2nnnn2-c2ccccc2)c1. The molecule has 1 aromatic heterocycles. The molecule has 0 aliphatic heterocycles. The molecule has 0 bridgehead atoms. The average Bonchev–Trinajstić information content (AvgIpc) is 3.27. The Bertz CT molecular complexity index is 1160. The molecule has 3 aromatic carbocycles. The van der Waals surface area contributed by atoms with Crippen molar-refractivity contribution in [2.75, 3.05) is 12.3 Å². The van der Waals surface area contributed by atoms with Gasteiger partial charge in [-0.3, -0.25) is 0 Å². The normalized spacial score (nSPS) is 10.9. The Kier molecular flexibility index (Phi) is 8.01. The summed E-state index contributed by atoms with van der Waals surface area (Å²) in [5.74, 6) is 1.61. The van der Waals surface area contributed by atoms with Crippen LogP contribution in [-0.2, 0) is 13.2 Å². The molecule has 0 aliphatic rings. The van der Waals surface area contributed by atoms with Gasteiger partial charge in [0.05, 0.1) is 5.69 Å². The highest BCUT2D eigenvalue weighted by atomic mass is 35.5. The number of rotatable bonds is 10. The first-order valence-electron chi connectivity index (χ1n) is 10.0. The van der Waals surface area contributed by atoms with Gasteiger partial charge >= 0.3 is 0 Å². The molecule has 0 atom stereocenters. The molecule has 4 rings (SSSR count). The van der Waals surface area contributed by atoms with Gasteiger partial charge in [0.25, 0.3) is 0 Å². The van der Waals surface area contributed by atoms with Gasteiger partial charge in [0.1, 0.15) is 12.4 Å². The molecule has 1 heterocycles. The van der Waals surface area contributed by atoms with Crippen molar-refractivity contribution in [3.8, 4) is 11.4 Å². The lowest BCUT2D eigenvalue weighted by molar-refractivity contribution is 0.302. The van der Waals surface area contributed by atoms with Crippen LogP contribution in [0.5, 0.6) is 5.75 Å². The van der Waals surface area contributed by atoms with E-state index in [9.17, 15) is 0 Å². The molecule has 0 fully saturated rings. The van der Waals surface area contributed by atoms with Gasteiger partial charge < -0.3 is 10.1 Å². The molecule has 164 valence electrons. The molecule has 0 aliphatic carbocycles. The zero-order chi connectivity index (χ0) is 22.2. The van der Waals surface area contributed by atoms with Crippen molar-refractivity contribution in [1.29, 1.82) is 0 Å². The van der Waals surface area contributed by atoms with E-state index in [-0.39, 0.29) is 0 Å². The van der Waals surface area contributed by atoms with Crippen LogP contribution in [0.25, 0.3) is 5.69 Å². The summed E-state index contributed by atoms with van der Waals surface area (Å²) in [7, 11) is 0. The first-order chi connectivity index (χ1) is 15.7. The van der Waals surface area contributed by atoms with E-state index in [0.29, 0.717) is 23.2 Å². The third-order valence-electron chi connectivity index (χ3n) is 4.57. The highest BCUT2D eigenvalue weighted by molar-refractivity contribution is 7.99. The molecule has 1 N–H and O–H groups in total. The van der Waals surface area contributed by atoms with Crippen LogP contribution in [0, 0.1) is 0 Å². The molecule has 0 saturated carbocycles. The maximum Gasteiger partial charge on any atom is 0.214 e. The summed E-state index contributed by atoms with van der Waals surface area (Å²) in [6, 6.07) is 23.1. The molecule has 4 aromatic rings. The van der Waals surface area contributed by atoms with Crippen LogP contribution in [0.15, 0.2) is 78.0 Å². The highest BCUT2D eigenvalue weighted by Gasteiger charge is 2.09. The molecule has 0 radical (unpaired) electrons. The second-order valence-corrected chi connectivity index (χ2v) is 8.84. The summed E-state index contributed by atoms with van der Waals surface area (Å²) >= 11 is 13.9. The molecule has 0 saturated heterocycles. The van der Waals surface area contributed by atoms with Gasteiger partial charge in [0.15, 0.2) is 0 Å². The van der Waals surface area contributed by atoms with Crippen molar-refractivity contribution in [2.45, 2.75) is 18.3 Å². The van der Waals surface area contributed by atoms with Gasteiger partial charge in [-0.1, -0.05) is 65.3 Å². The van der Waals surface area contributed by atoms with E-state index in [1.165, 1.54) is 0 Å². The van der Waals surface area contributed by atoms with E-state index in [1.54, 1.807) is 16.4 Å². The number of nitrogens with zero attached hydrogens (tertiary/aromatic N) is 4. The maximum atomic E-state index is 6.21. The number of hydrogen-bond donors (Lipinski definition) is 1. The average molecular weight is 486 g/mol. The third-order valence-corrected chi connectivity index (χ3v) is 5.96. The van der Waals surface area contributed by atoms with Crippen LogP contribution in [0.3, 0.4) is 0 Å². The predicted molar refractivity (Wildman–Crippen MR) is 129 cm³/mol. The predicted octanol–water partition coefficient (Wildman–Crippen LogP) is 5.43. The van der Waals surface area contributed by atoms with E-state index in [1.807, 2.05) is 72.8 Å². The van der Waals surface area contributed by atoms with Crippen LogP contribution in [-0.4, -0.2) is 32.5 Å². The summed E-state index contributed by atoms with van der Waals surface area (Å²) in [6.07, 6.45) is 0. The second-order valence-electron chi connectivity index (χ2n) is 6.90. The fourth-order valence-electron chi connectivity index (χ4n) is 3.05. The van der Waals surface area contributed by atoms with E-state index < -0.39 is 0 Å². The summed E-state index contributed by atoms with van der Waals surface area (Å²) in [5.41, 5.74) is 2.95. The van der Waals surface area contributed by atoms with E-state index >= 15 is 0 Å². The van der Waals surface area contributed by atoms with E-state index in [0.717, 1.165) is 40.0 Å². The Labute approximate surface area is 200 Å². The number of thioether (sulfide) groups is 1. The molecule has 0 spiro atoms. The lowest BCUT2D eigenvalue weighted by Crippen LogP contribution is -2.17. The molecule has 9 heteroatoms. The van der Waals surface area contributed by atoms with Crippen LogP contribution in [0.4, 0.5) is 0 Å². The fourth-order valence-corrected chi connectivity index (χ4v) is 4.25. The standard InChI is InChI=1S/C23H21Cl2N5OS/c24-19-6-4-5-17(13-19)16-31-22-10-9-20(25)14-18(22)15-26-11-12-32-23-27-28-29-30(23)21-7-2-1-3-8-21/h1-10,13-14,26H,11-12,15-16H2. The first-order valence-corrected chi connectivity index (χ1v) is 11.8. The number of nitrogens with one attached hydrogen (secondary N) is 1. The summed E-state index contributed by atoms with van der Waals surface area (Å²) < 4.78 is 7.76. The molecule has 0 unspecified atom stereocenters. The summed E-state index contributed by atoms with van der Waals surface area (Å²) in [4.78, 5) is 0.